The summed E-state index contributed by atoms with van der Waals surface area (Å²) in [7, 11) is -6.09. The van der Waals surface area contributed by atoms with Crippen LogP contribution in [0, 0.1) is 38.2 Å². The van der Waals surface area contributed by atoms with Gasteiger partial charge in [0, 0.05) is 43.6 Å². The standard InChI is InChI=1S/C12H8N2.C7H7.C6H9.CHF3O3S.CH3.Pd/c1-3-9-5-6-10-4-2-8-14-12(10)11(9)13-7-1;1-7-5-3-2-4-6-7;1-5-6(2,3)4;2-1(3,4)8(5,6)7;;/h1-8H;3-6H,1H3;2-4H3;(H,5,6,7);1H3;/q;2*-1;;-1;/p-1. The zero-order valence-corrected chi connectivity index (χ0v) is 23.3. The molecule has 2 aromatic heterocycles. The van der Waals surface area contributed by atoms with E-state index >= 15 is 0 Å². The molecule has 0 atom stereocenters. The molecule has 0 fully saturated rings. The van der Waals surface area contributed by atoms with Crippen LogP contribution in [0.4, 0.5) is 13.2 Å². The van der Waals surface area contributed by atoms with Crippen molar-refractivity contribution in [2.45, 2.75) is 33.2 Å². The molecule has 0 aliphatic heterocycles. The summed E-state index contributed by atoms with van der Waals surface area (Å²) >= 11 is 0. The fourth-order valence-corrected chi connectivity index (χ4v) is 2.15. The van der Waals surface area contributed by atoms with Crippen LogP contribution in [0.5, 0.6) is 0 Å². The molecule has 2 aromatic carbocycles. The van der Waals surface area contributed by atoms with Crippen molar-refractivity contribution >= 4 is 31.9 Å². The number of hydrogen-bond acceptors (Lipinski definition) is 5. The Morgan fingerprint density at radius 1 is 0.892 bits per heavy atom. The van der Waals surface area contributed by atoms with Crippen LogP contribution in [0.15, 0.2) is 73.1 Å². The smallest absolute Gasteiger partial charge is 0.485 e. The van der Waals surface area contributed by atoms with Crippen molar-refractivity contribution in [3.63, 3.8) is 0 Å². The largest absolute Gasteiger partial charge is 0.741 e. The number of fused-ring (bicyclic) bond motifs is 3. The molecule has 204 valence electrons. The first-order valence-electron chi connectivity index (χ1n) is 10.1. The summed E-state index contributed by atoms with van der Waals surface area (Å²) in [6.45, 7) is 7.90. The van der Waals surface area contributed by atoms with E-state index in [0.717, 1.165) is 21.8 Å². The zero-order chi connectivity index (χ0) is 26.7. The summed E-state index contributed by atoms with van der Waals surface area (Å²) in [6, 6.07) is 23.0. The Bertz CT molecular complexity index is 1310. The molecular formula is C27H27F3N2O3PdS-4. The first-order chi connectivity index (χ1) is 16.2. The Morgan fingerprint density at radius 2 is 1.24 bits per heavy atom. The normalized spacial score (nSPS) is 10.5. The summed E-state index contributed by atoms with van der Waals surface area (Å²) in [5, 5.41) is 2.28. The summed E-state index contributed by atoms with van der Waals surface area (Å²) in [5.74, 6) is 2.35. The van der Waals surface area contributed by atoms with E-state index in [2.05, 4.69) is 53.1 Å². The van der Waals surface area contributed by atoms with E-state index in [1.807, 2.05) is 57.2 Å². The molecule has 37 heavy (non-hydrogen) atoms. The average Bonchev–Trinajstić information content (AvgIpc) is 2.79. The maximum atomic E-state index is 10.7. The van der Waals surface area contributed by atoms with Gasteiger partial charge in [-0.1, -0.05) is 52.0 Å². The van der Waals surface area contributed by atoms with Crippen molar-refractivity contribution in [1.29, 1.82) is 0 Å². The quantitative estimate of drug-likeness (QED) is 0.0544. The Balaban J connectivity index is 0. The summed E-state index contributed by atoms with van der Waals surface area (Å²) in [5.41, 5.74) is -2.44. The average molecular weight is 623 g/mol. The number of rotatable bonds is 0. The molecule has 0 saturated heterocycles. The number of halogens is 3. The van der Waals surface area contributed by atoms with Gasteiger partial charge in [-0.3, -0.25) is 9.97 Å². The molecule has 2 heterocycles. The molecule has 10 heteroatoms. The minimum atomic E-state index is -6.09. The molecule has 0 aliphatic rings. The topological polar surface area (TPSA) is 83.0 Å². The van der Waals surface area contributed by atoms with Crippen molar-refractivity contribution in [3.8, 4) is 5.92 Å². The summed E-state index contributed by atoms with van der Waals surface area (Å²) in [6.07, 6.45) is 10.2. The third-order valence-electron chi connectivity index (χ3n) is 3.89. The Kier molecular flexibility index (Phi) is 15.8. The van der Waals surface area contributed by atoms with E-state index in [0.29, 0.717) is 0 Å². The molecule has 0 radical (unpaired) electrons. The molecule has 0 N–H and O–H groups in total. The molecule has 4 rings (SSSR count). The number of aromatic nitrogens is 2. The van der Waals surface area contributed by atoms with Gasteiger partial charge in [0.1, 0.15) is 0 Å². The van der Waals surface area contributed by atoms with Gasteiger partial charge in [-0.05, 0) is 17.5 Å². The van der Waals surface area contributed by atoms with Gasteiger partial charge in [0.05, 0.1) is 11.0 Å². The fraction of sp³-hybridized carbons (Fsp3) is 0.222. The number of aryl methyl sites for hydroxylation is 1. The van der Waals surface area contributed by atoms with Gasteiger partial charge in [-0.15, -0.1) is 0 Å². The van der Waals surface area contributed by atoms with E-state index in [1.54, 1.807) is 12.4 Å². The predicted molar refractivity (Wildman–Crippen MR) is 136 cm³/mol. The molecule has 0 spiro atoms. The first kappa shape index (κ1) is 36.3. The predicted octanol–water partition coefficient (Wildman–Crippen LogP) is 6.70. The molecule has 4 aromatic rings. The Labute approximate surface area is 231 Å². The Morgan fingerprint density at radius 3 is 1.49 bits per heavy atom. The van der Waals surface area contributed by atoms with Crippen molar-refractivity contribution in [2.75, 3.05) is 0 Å². The second-order valence-corrected chi connectivity index (χ2v) is 9.44. The van der Waals surface area contributed by atoms with Crippen LogP contribution in [0.2, 0.25) is 0 Å². The number of hydrogen-bond donors (Lipinski definition) is 0. The number of pyridine rings is 2. The molecular weight excluding hydrogens is 596 g/mol. The van der Waals surface area contributed by atoms with Crippen molar-refractivity contribution < 1.29 is 46.6 Å². The van der Waals surface area contributed by atoms with Gasteiger partial charge in [0.2, 0.25) is 0 Å². The first-order valence-corrected chi connectivity index (χ1v) is 11.5. The van der Waals surface area contributed by atoms with E-state index in [4.69, 9.17) is 19.4 Å². The van der Waals surface area contributed by atoms with Crippen molar-refractivity contribution in [3.05, 3.63) is 98.5 Å². The molecule has 5 nitrogen and oxygen atoms in total. The maximum absolute atomic E-state index is 10.7. The van der Waals surface area contributed by atoms with Crippen LogP contribution < -0.4 is 0 Å². The summed E-state index contributed by atoms with van der Waals surface area (Å²) in [4.78, 5) is 8.69. The SMILES string of the molecule is Cc1cc[c-]cc1.O=S(=O)([O-])C(F)(F)F.[C-]#CC(C)(C)C.[CH3-].[Pd].c1cnc2c(c1)ccc1cccnc12. The van der Waals surface area contributed by atoms with Gasteiger partial charge >= 0.3 is 5.51 Å². The van der Waals surface area contributed by atoms with Gasteiger partial charge in [-0.2, -0.15) is 49.1 Å². The van der Waals surface area contributed by atoms with E-state index in [-0.39, 0.29) is 33.3 Å². The summed E-state index contributed by atoms with van der Waals surface area (Å²) < 4.78 is 58.9. The van der Waals surface area contributed by atoms with Crippen molar-refractivity contribution in [2.24, 2.45) is 5.41 Å². The third kappa shape index (κ3) is 13.9. The fourth-order valence-electron chi connectivity index (χ4n) is 2.15. The second-order valence-electron chi connectivity index (χ2n) is 8.07. The van der Waals surface area contributed by atoms with Crippen LogP contribution in [0.3, 0.4) is 0 Å². The van der Waals surface area contributed by atoms with Crippen LogP contribution in [0.1, 0.15) is 26.3 Å². The van der Waals surface area contributed by atoms with Gasteiger partial charge in [0.25, 0.3) is 0 Å². The minimum absolute atomic E-state index is 0. The number of alkyl halides is 3. The van der Waals surface area contributed by atoms with Crippen LogP contribution in [-0.2, 0) is 30.5 Å². The monoisotopic (exact) mass is 622 g/mol. The molecule has 0 bridgehead atoms. The van der Waals surface area contributed by atoms with Crippen LogP contribution in [-0.4, -0.2) is 28.4 Å². The van der Waals surface area contributed by atoms with Gasteiger partial charge in [0.15, 0.2) is 10.1 Å². The zero-order valence-electron chi connectivity index (χ0n) is 20.9. The van der Waals surface area contributed by atoms with Gasteiger partial charge in [-0.25, -0.2) is 8.42 Å². The van der Waals surface area contributed by atoms with Crippen LogP contribution >= 0.6 is 0 Å². The van der Waals surface area contributed by atoms with Crippen LogP contribution in [0.25, 0.3) is 21.8 Å². The molecule has 0 saturated carbocycles. The molecule has 0 unspecified atom stereocenters. The molecule has 0 aliphatic carbocycles. The van der Waals surface area contributed by atoms with E-state index < -0.39 is 15.6 Å². The Hall–Kier alpha value is -2.82. The third-order valence-corrected chi connectivity index (χ3v) is 4.45. The second kappa shape index (κ2) is 16.1. The van der Waals surface area contributed by atoms with E-state index in [9.17, 15) is 13.2 Å². The number of nitrogens with zero attached hydrogens (tertiary/aromatic N) is 2. The van der Waals surface area contributed by atoms with E-state index in [1.165, 1.54) is 5.56 Å². The molecule has 0 amide bonds. The van der Waals surface area contributed by atoms with Crippen molar-refractivity contribution in [1.82, 2.24) is 9.97 Å². The number of benzene rings is 2. The maximum Gasteiger partial charge on any atom is 0.485 e. The minimum Gasteiger partial charge on any atom is -0.741 e. The van der Waals surface area contributed by atoms with Gasteiger partial charge < -0.3 is 24.3 Å².